The molecular weight excluding hydrogens is 216 g/mol. The molecule has 0 heterocycles. The first-order valence-corrected chi connectivity index (χ1v) is 6.11. The summed E-state index contributed by atoms with van der Waals surface area (Å²) in [6, 6.07) is 5.59. The lowest BCUT2D eigenvalue weighted by Crippen LogP contribution is -2.07. The lowest BCUT2D eigenvalue weighted by molar-refractivity contribution is 0.165. The van der Waals surface area contributed by atoms with Gasteiger partial charge in [0, 0.05) is 0 Å². The van der Waals surface area contributed by atoms with Gasteiger partial charge in [0.25, 0.3) is 0 Å². The summed E-state index contributed by atoms with van der Waals surface area (Å²) in [4.78, 5) is 0. The van der Waals surface area contributed by atoms with Crippen molar-refractivity contribution in [3.05, 3.63) is 23.8 Å². The third-order valence-electron chi connectivity index (χ3n) is 2.50. The van der Waals surface area contributed by atoms with Crippen LogP contribution in [-0.4, -0.2) is 18.3 Å². The first-order valence-electron chi connectivity index (χ1n) is 6.11. The topological polar surface area (TPSA) is 38.7 Å². The van der Waals surface area contributed by atoms with Crippen LogP contribution in [0.4, 0.5) is 0 Å². The van der Waals surface area contributed by atoms with Crippen LogP contribution in [-0.2, 0) is 0 Å². The van der Waals surface area contributed by atoms with Crippen LogP contribution in [0.2, 0.25) is 0 Å². The fourth-order valence-electron chi connectivity index (χ4n) is 1.68. The molecule has 0 amide bonds. The summed E-state index contributed by atoms with van der Waals surface area (Å²) in [7, 11) is 1.61. The highest BCUT2D eigenvalue weighted by Gasteiger charge is 2.12. The highest BCUT2D eigenvalue weighted by Crippen LogP contribution is 2.32. The zero-order chi connectivity index (χ0) is 12.8. The molecule has 1 aromatic rings. The zero-order valence-electron chi connectivity index (χ0n) is 11.1. The molecule has 0 spiro atoms. The lowest BCUT2D eigenvalue weighted by Gasteiger charge is -2.16. The zero-order valence-corrected chi connectivity index (χ0v) is 11.1. The fourth-order valence-corrected chi connectivity index (χ4v) is 1.68. The van der Waals surface area contributed by atoms with Gasteiger partial charge in [-0.15, -0.1) is 0 Å². The maximum Gasteiger partial charge on any atom is 0.161 e. The first-order chi connectivity index (χ1) is 8.08. The molecule has 0 saturated heterocycles. The van der Waals surface area contributed by atoms with Crippen LogP contribution in [0.25, 0.3) is 0 Å². The van der Waals surface area contributed by atoms with Gasteiger partial charge in [-0.05, 0) is 38.0 Å². The van der Waals surface area contributed by atoms with Gasteiger partial charge in [-0.1, -0.05) is 19.4 Å². The molecule has 1 rings (SSSR count). The number of methoxy groups -OCH3 is 1. The van der Waals surface area contributed by atoms with Crippen molar-refractivity contribution in [3.8, 4) is 11.5 Å². The van der Waals surface area contributed by atoms with Crippen molar-refractivity contribution in [2.75, 3.05) is 7.11 Å². The maximum absolute atomic E-state index is 9.92. The monoisotopic (exact) mass is 238 g/mol. The van der Waals surface area contributed by atoms with Crippen molar-refractivity contribution in [1.82, 2.24) is 0 Å². The molecule has 1 aromatic carbocycles. The first kappa shape index (κ1) is 13.8. The van der Waals surface area contributed by atoms with E-state index in [4.69, 9.17) is 9.47 Å². The van der Waals surface area contributed by atoms with E-state index in [0.29, 0.717) is 5.75 Å². The maximum atomic E-state index is 9.92. The summed E-state index contributed by atoms with van der Waals surface area (Å²) in [6.45, 7) is 6.00. The Morgan fingerprint density at radius 2 is 1.94 bits per heavy atom. The Morgan fingerprint density at radius 1 is 1.24 bits per heavy atom. The standard InChI is InChI=1S/C14H22O3/c1-5-6-12(15)11-7-8-13(17-10(2)3)14(9-11)16-4/h7-10,12,15H,5-6H2,1-4H3. The van der Waals surface area contributed by atoms with E-state index in [1.165, 1.54) is 0 Å². The number of hydrogen-bond donors (Lipinski definition) is 1. The van der Waals surface area contributed by atoms with Gasteiger partial charge >= 0.3 is 0 Å². The van der Waals surface area contributed by atoms with Crippen molar-refractivity contribution in [2.24, 2.45) is 0 Å². The van der Waals surface area contributed by atoms with Crippen LogP contribution in [0.1, 0.15) is 45.3 Å². The summed E-state index contributed by atoms with van der Waals surface area (Å²) >= 11 is 0. The van der Waals surface area contributed by atoms with Crippen molar-refractivity contribution in [2.45, 2.75) is 45.8 Å². The minimum atomic E-state index is -0.429. The quantitative estimate of drug-likeness (QED) is 0.826. The van der Waals surface area contributed by atoms with Crippen LogP contribution < -0.4 is 9.47 Å². The van der Waals surface area contributed by atoms with Gasteiger partial charge in [-0.2, -0.15) is 0 Å². The SMILES string of the molecule is CCCC(O)c1ccc(OC(C)C)c(OC)c1. The molecule has 3 nitrogen and oxygen atoms in total. The van der Waals surface area contributed by atoms with Gasteiger partial charge in [0.05, 0.1) is 19.3 Å². The van der Waals surface area contributed by atoms with E-state index >= 15 is 0 Å². The average molecular weight is 238 g/mol. The second-order valence-corrected chi connectivity index (χ2v) is 4.38. The molecule has 0 fully saturated rings. The second kappa shape index (κ2) is 6.50. The highest BCUT2D eigenvalue weighted by atomic mass is 16.5. The van der Waals surface area contributed by atoms with Gasteiger partial charge in [0.2, 0.25) is 0 Å². The van der Waals surface area contributed by atoms with Gasteiger partial charge in [-0.25, -0.2) is 0 Å². The van der Waals surface area contributed by atoms with E-state index in [1.807, 2.05) is 32.0 Å². The molecule has 17 heavy (non-hydrogen) atoms. The van der Waals surface area contributed by atoms with Crippen molar-refractivity contribution >= 4 is 0 Å². The third kappa shape index (κ3) is 3.93. The molecule has 0 radical (unpaired) electrons. The molecule has 1 unspecified atom stereocenters. The largest absolute Gasteiger partial charge is 0.493 e. The van der Waals surface area contributed by atoms with Crippen molar-refractivity contribution < 1.29 is 14.6 Å². The Bertz CT molecular complexity index is 347. The number of hydrogen-bond acceptors (Lipinski definition) is 3. The smallest absolute Gasteiger partial charge is 0.161 e. The van der Waals surface area contributed by atoms with Crippen LogP contribution in [0.5, 0.6) is 11.5 Å². The molecule has 1 atom stereocenters. The number of ether oxygens (including phenoxy) is 2. The number of benzene rings is 1. The fraction of sp³-hybridized carbons (Fsp3) is 0.571. The van der Waals surface area contributed by atoms with E-state index in [1.54, 1.807) is 7.11 Å². The summed E-state index contributed by atoms with van der Waals surface area (Å²) in [5, 5.41) is 9.92. The van der Waals surface area contributed by atoms with Crippen LogP contribution in [0, 0.1) is 0 Å². The second-order valence-electron chi connectivity index (χ2n) is 4.38. The van der Waals surface area contributed by atoms with Crippen LogP contribution >= 0.6 is 0 Å². The number of aliphatic hydroxyl groups excluding tert-OH is 1. The van der Waals surface area contributed by atoms with E-state index in [9.17, 15) is 5.11 Å². The molecule has 0 aliphatic carbocycles. The average Bonchev–Trinajstić information content (AvgIpc) is 2.29. The van der Waals surface area contributed by atoms with E-state index < -0.39 is 6.10 Å². The van der Waals surface area contributed by atoms with Crippen molar-refractivity contribution in [3.63, 3.8) is 0 Å². The molecule has 1 N–H and O–H groups in total. The molecule has 0 aliphatic rings. The lowest BCUT2D eigenvalue weighted by atomic mass is 10.0. The summed E-state index contributed by atoms with van der Waals surface area (Å²) in [5.41, 5.74) is 0.875. The normalized spacial score (nSPS) is 12.6. The Balaban J connectivity index is 2.91. The Labute approximate surface area is 103 Å². The Kier molecular flexibility index (Phi) is 5.29. The highest BCUT2D eigenvalue weighted by molar-refractivity contribution is 5.43. The van der Waals surface area contributed by atoms with E-state index in [-0.39, 0.29) is 6.10 Å². The number of rotatable bonds is 6. The predicted molar refractivity (Wildman–Crippen MR) is 68.6 cm³/mol. The van der Waals surface area contributed by atoms with Gasteiger partial charge in [0.15, 0.2) is 11.5 Å². The minimum Gasteiger partial charge on any atom is -0.493 e. The van der Waals surface area contributed by atoms with Gasteiger partial charge in [-0.3, -0.25) is 0 Å². The summed E-state index contributed by atoms with van der Waals surface area (Å²) < 4.78 is 10.9. The molecular formula is C14H22O3. The summed E-state index contributed by atoms with van der Waals surface area (Å²) in [6.07, 6.45) is 1.39. The van der Waals surface area contributed by atoms with Gasteiger partial charge in [0.1, 0.15) is 0 Å². The van der Waals surface area contributed by atoms with Crippen LogP contribution in [0.15, 0.2) is 18.2 Å². The van der Waals surface area contributed by atoms with Crippen molar-refractivity contribution in [1.29, 1.82) is 0 Å². The molecule has 96 valence electrons. The van der Waals surface area contributed by atoms with E-state index in [0.717, 1.165) is 24.2 Å². The third-order valence-corrected chi connectivity index (χ3v) is 2.50. The summed E-state index contributed by atoms with van der Waals surface area (Å²) in [5.74, 6) is 1.39. The molecule has 0 aromatic heterocycles. The molecule has 0 aliphatic heterocycles. The minimum absolute atomic E-state index is 0.107. The van der Waals surface area contributed by atoms with E-state index in [2.05, 4.69) is 6.92 Å². The Hall–Kier alpha value is -1.22. The number of aliphatic hydroxyl groups is 1. The molecule has 0 saturated carbocycles. The van der Waals surface area contributed by atoms with Crippen LogP contribution in [0.3, 0.4) is 0 Å². The Morgan fingerprint density at radius 3 is 2.47 bits per heavy atom. The molecule has 3 heteroatoms. The molecule has 0 bridgehead atoms. The predicted octanol–water partition coefficient (Wildman–Crippen LogP) is 3.32. The van der Waals surface area contributed by atoms with Gasteiger partial charge < -0.3 is 14.6 Å².